The van der Waals surface area contributed by atoms with Gasteiger partial charge in [0, 0.05) is 18.8 Å². The third-order valence-corrected chi connectivity index (χ3v) is 3.48. The maximum atomic E-state index is 11.5. The highest BCUT2D eigenvalue weighted by atomic mass is 32.2. The molecule has 1 amide bonds. The summed E-state index contributed by atoms with van der Waals surface area (Å²) in [5.41, 5.74) is 0. The Morgan fingerprint density at radius 3 is 2.87 bits per heavy atom. The number of rotatable bonds is 5. The van der Waals surface area contributed by atoms with Crippen molar-refractivity contribution in [3.63, 3.8) is 0 Å². The molecule has 6 heteroatoms. The molecule has 86 valence electrons. The molecule has 0 radical (unpaired) electrons. The molecule has 0 aromatic heterocycles. The lowest BCUT2D eigenvalue weighted by Gasteiger charge is -2.13. The molecular formula is C9H15NO4S. The Hall–Kier alpha value is -0.750. The average Bonchev–Trinajstić information content (AvgIpc) is 2.70. The van der Waals surface area contributed by atoms with Gasteiger partial charge in [-0.1, -0.05) is 0 Å². The van der Waals surface area contributed by atoms with E-state index in [-0.39, 0.29) is 18.4 Å². The number of thioether (sulfide) groups is 1. The summed E-state index contributed by atoms with van der Waals surface area (Å²) in [6.07, 6.45) is -0.0793. The van der Waals surface area contributed by atoms with Gasteiger partial charge in [0.1, 0.15) is 0 Å². The number of hydrogen-bond acceptors (Lipinski definition) is 4. The molecule has 1 heterocycles. The standard InChI is InChI=1S/C9H15NO4S/c1-14-7(9(12)13)4-10-8(11)6-2-3-15-5-6/h6-7H,2-5H2,1H3,(H,10,11)(H,12,13). The lowest BCUT2D eigenvalue weighted by molar-refractivity contribution is -0.148. The van der Waals surface area contributed by atoms with Crippen LogP contribution < -0.4 is 5.32 Å². The van der Waals surface area contributed by atoms with Crippen molar-refractivity contribution in [2.75, 3.05) is 25.2 Å². The van der Waals surface area contributed by atoms with E-state index in [1.54, 1.807) is 11.8 Å². The Bertz CT molecular complexity index is 240. The molecule has 1 fully saturated rings. The minimum atomic E-state index is -1.06. The van der Waals surface area contributed by atoms with E-state index in [1.807, 2.05) is 0 Å². The Balaban J connectivity index is 2.28. The quantitative estimate of drug-likeness (QED) is 0.696. The number of carboxylic acid groups (broad SMARTS) is 1. The van der Waals surface area contributed by atoms with Crippen LogP contribution in [0.4, 0.5) is 0 Å². The van der Waals surface area contributed by atoms with Crippen LogP contribution in [0.15, 0.2) is 0 Å². The fourth-order valence-corrected chi connectivity index (χ4v) is 2.57. The Morgan fingerprint density at radius 1 is 1.67 bits per heavy atom. The molecule has 0 aromatic rings. The smallest absolute Gasteiger partial charge is 0.334 e. The van der Waals surface area contributed by atoms with Gasteiger partial charge < -0.3 is 15.2 Å². The lowest BCUT2D eigenvalue weighted by Crippen LogP contribution is -2.40. The normalized spacial score (nSPS) is 22.3. The van der Waals surface area contributed by atoms with Crippen molar-refractivity contribution >= 4 is 23.6 Å². The Labute approximate surface area is 92.6 Å². The molecule has 1 saturated heterocycles. The Kier molecular flexibility index (Phi) is 4.90. The minimum absolute atomic E-state index is 0.0290. The van der Waals surface area contributed by atoms with Gasteiger partial charge in [0.25, 0.3) is 0 Å². The highest BCUT2D eigenvalue weighted by Crippen LogP contribution is 2.23. The van der Waals surface area contributed by atoms with Crippen molar-refractivity contribution in [2.24, 2.45) is 5.92 Å². The molecule has 2 unspecified atom stereocenters. The van der Waals surface area contributed by atoms with Crippen LogP contribution in [0.1, 0.15) is 6.42 Å². The van der Waals surface area contributed by atoms with Gasteiger partial charge in [-0.2, -0.15) is 11.8 Å². The SMILES string of the molecule is COC(CNC(=O)C1CCSC1)C(=O)O. The largest absolute Gasteiger partial charge is 0.479 e. The highest BCUT2D eigenvalue weighted by molar-refractivity contribution is 7.99. The van der Waals surface area contributed by atoms with E-state index >= 15 is 0 Å². The molecule has 2 N–H and O–H groups in total. The van der Waals surface area contributed by atoms with Crippen molar-refractivity contribution in [1.82, 2.24) is 5.32 Å². The fraction of sp³-hybridized carbons (Fsp3) is 0.778. The number of carbonyl (C=O) groups is 2. The third-order valence-electron chi connectivity index (χ3n) is 2.32. The number of hydrogen-bond donors (Lipinski definition) is 2. The summed E-state index contributed by atoms with van der Waals surface area (Å²) in [6.45, 7) is 0.0336. The first-order valence-corrected chi connectivity index (χ1v) is 5.91. The molecule has 1 rings (SSSR count). The number of ether oxygens (including phenoxy) is 1. The predicted molar refractivity (Wildman–Crippen MR) is 56.9 cm³/mol. The monoisotopic (exact) mass is 233 g/mol. The van der Waals surface area contributed by atoms with Crippen molar-refractivity contribution in [3.8, 4) is 0 Å². The zero-order valence-electron chi connectivity index (χ0n) is 8.56. The molecule has 1 aliphatic rings. The zero-order chi connectivity index (χ0) is 11.3. The molecular weight excluding hydrogens is 218 g/mol. The van der Waals surface area contributed by atoms with Gasteiger partial charge in [0.2, 0.25) is 5.91 Å². The first kappa shape index (κ1) is 12.3. The topological polar surface area (TPSA) is 75.6 Å². The summed E-state index contributed by atoms with van der Waals surface area (Å²) in [5.74, 6) is 0.740. The first-order valence-electron chi connectivity index (χ1n) is 4.76. The van der Waals surface area contributed by atoms with Gasteiger partial charge in [-0.25, -0.2) is 4.79 Å². The molecule has 0 spiro atoms. The van der Waals surface area contributed by atoms with Gasteiger partial charge >= 0.3 is 5.97 Å². The third kappa shape index (κ3) is 3.71. The van der Waals surface area contributed by atoms with Crippen molar-refractivity contribution in [1.29, 1.82) is 0 Å². The van der Waals surface area contributed by atoms with E-state index in [4.69, 9.17) is 9.84 Å². The number of carboxylic acids is 1. The summed E-state index contributed by atoms with van der Waals surface area (Å²) < 4.78 is 4.71. The van der Waals surface area contributed by atoms with Gasteiger partial charge in [0.05, 0.1) is 6.54 Å². The molecule has 0 aliphatic carbocycles. The van der Waals surface area contributed by atoms with Crippen LogP contribution in [-0.4, -0.2) is 48.2 Å². The second-order valence-corrected chi connectivity index (χ2v) is 4.52. The van der Waals surface area contributed by atoms with Crippen LogP contribution in [0.25, 0.3) is 0 Å². The second kappa shape index (κ2) is 5.97. The highest BCUT2D eigenvalue weighted by Gasteiger charge is 2.24. The van der Waals surface area contributed by atoms with E-state index in [2.05, 4.69) is 5.32 Å². The van der Waals surface area contributed by atoms with E-state index in [9.17, 15) is 9.59 Å². The zero-order valence-corrected chi connectivity index (χ0v) is 9.38. The van der Waals surface area contributed by atoms with Crippen molar-refractivity contribution in [2.45, 2.75) is 12.5 Å². The number of methoxy groups -OCH3 is 1. The van der Waals surface area contributed by atoms with Gasteiger partial charge in [-0.15, -0.1) is 0 Å². The summed E-state index contributed by atoms with van der Waals surface area (Å²) in [7, 11) is 1.32. The second-order valence-electron chi connectivity index (χ2n) is 3.37. The van der Waals surface area contributed by atoms with Gasteiger partial charge in [-0.3, -0.25) is 4.79 Å². The van der Waals surface area contributed by atoms with Crippen LogP contribution in [0, 0.1) is 5.92 Å². The predicted octanol–water partition coefficient (Wildman–Crippen LogP) is -0.0447. The van der Waals surface area contributed by atoms with E-state index in [1.165, 1.54) is 7.11 Å². The Morgan fingerprint density at radius 2 is 2.40 bits per heavy atom. The minimum Gasteiger partial charge on any atom is -0.479 e. The summed E-state index contributed by atoms with van der Waals surface area (Å²) in [6, 6.07) is 0. The number of nitrogens with one attached hydrogen (secondary N) is 1. The van der Waals surface area contributed by atoms with Crippen LogP contribution in [0.3, 0.4) is 0 Å². The number of carbonyl (C=O) groups excluding carboxylic acids is 1. The van der Waals surface area contributed by atoms with Crippen LogP contribution >= 0.6 is 11.8 Å². The molecule has 5 nitrogen and oxygen atoms in total. The van der Waals surface area contributed by atoms with E-state index in [0.717, 1.165) is 17.9 Å². The summed E-state index contributed by atoms with van der Waals surface area (Å²) >= 11 is 1.75. The van der Waals surface area contributed by atoms with Gasteiger partial charge in [0.15, 0.2) is 6.10 Å². The first-order chi connectivity index (χ1) is 7.15. The van der Waals surface area contributed by atoms with Crippen LogP contribution in [0.2, 0.25) is 0 Å². The number of aliphatic carboxylic acids is 1. The lowest BCUT2D eigenvalue weighted by atomic mass is 10.1. The maximum Gasteiger partial charge on any atom is 0.334 e. The van der Waals surface area contributed by atoms with Crippen LogP contribution in [-0.2, 0) is 14.3 Å². The van der Waals surface area contributed by atoms with Crippen molar-refractivity contribution in [3.05, 3.63) is 0 Å². The number of amides is 1. The average molecular weight is 233 g/mol. The fourth-order valence-electron chi connectivity index (χ4n) is 1.35. The molecule has 1 aliphatic heterocycles. The van der Waals surface area contributed by atoms with E-state index < -0.39 is 12.1 Å². The van der Waals surface area contributed by atoms with Crippen LogP contribution in [0.5, 0.6) is 0 Å². The molecule has 0 saturated carbocycles. The molecule has 15 heavy (non-hydrogen) atoms. The summed E-state index contributed by atoms with van der Waals surface area (Å²) in [4.78, 5) is 22.1. The molecule has 0 bridgehead atoms. The molecule has 2 atom stereocenters. The van der Waals surface area contributed by atoms with E-state index in [0.29, 0.717) is 0 Å². The van der Waals surface area contributed by atoms with Crippen molar-refractivity contribution < 1.29 is 19.4 Å². The van der Waals surface area contributed by atoms with Gasteiger partial charge in [-0.05, 0) is 12.2 Å². The molecule has 0 aromatic carbocycles. The maximum absolute atomic E-state index is 11.5. The summed E-state index contributed by atoms with van der Waals surface area (Å²) in [5, 5.41) is 11.3.